The Morgan fingerprint density at radius 1 is 1.29 bits per heavy atom. The van der Waals surface area contributed by atoms with Crippen LogP contribution in [0.3, 0.4) is 0 Å². The van der Waals surface area contributed by atoms with Gasteiger partial charge >= 0.3 is 0 Å². The van der Waals surface area contributed by atoms with Gasteiger partial charge in [-0.05, 0) is 24.6 Å². The molecule has 0 atom stereocenters. The van der Waals surface area contributed by atoms with Gasteiger partial charge in [-0.25, -0.2) is 9.83 Å². The highest BCUT2D eigenvalue weighted by molar-refractivity contribution is 7.71. The Bertz CT molecular complexity index is 1380. The molecule has 0 bridgehead atoms. The number of nitrogens with one attached hydrogen (secondary N) is 2. The molecule has 1 amide bonds. The van der Waals surface area contributed by atoms with Gasteiger partial charge in [0.2, 0.25) is 5.69 Å². The molecule has 8 heteroatoms. The Labute approximate surface area is 184 Å². The first-order valence-electron chi connectivity index (χ1n) is 9.68. The molecule has 4 rings (SSSR count). The van der Waals surface area contributed by atoms with Gasteiger partial charge in [-0.3, -0.25) is 4.79 Å². The standard InChI is InChI=1S/C23H20N6OS/c1-14-8-9-17(24)16(12-14)22(30)26-10-11-29-20(15-6-4-3-5-7-15)18(25-2)19-21(29)23(31)28-13-27-19/h3-9,12-13H,10-11,24H2,1H3,(H,26,30)(H,27,28,31). The quantitative estimate of drug-likeness (QED) is 0.245. The van der Waals surface area contributed by atoms with E-state index in [0.717, 1.165) is 16.8 Å². The average molecular weight is 429 g/mol. The van der Waals surface area contributed by atoms with Crippen LogP contribution < -0.4 is 11.1 Å². The number of hydrogen-bond donors (Lipinski definition) is 3. The number of H-pyrrole nitrogens is 1. The Balaban J connectivity index is 1.72. The van der Waals surface area contributed by atoms with Gasteiger partial charge < -0.3 is 20.6 Å². The van der Waals surface area contributed by atoms with Gasteiger partial charge in [-0.1, -0.05) is 54.2 Å². The summed E-state index contributed by atoms with van der Waals surface area (Å²) < 4.78 is 2.35. The van der Waals surface area contributed by atoms with Crippen LogP contribution >= 0.6 is 12.2 Å². The van der Waals surface area contributed by atoms with E-state index in [4.69, 9.17) is 24.5 Å². The zero-order valence-electron chi connectivity index (χ0n) is 16.8. The molecule has 0 spiro atoms. The molecule has 4 aromatic rings. The number of anilines is 1. The highest BCUT2D eigenvalue weighted by Crippen LogP contribution is 2.39. The Morgan fingerprint density at radius 2 is 2.06 bits per heavy atom. The Kier molecular flexibility index (Phi) is 5.52. The molecule has 0 aliphatic rings. The summed E-state index contributed by atoms with van der Waals surface area (Å²) in [6.07, 6.45) is 1.50. The minimum Gasteiger partial charge on any atom is -0.398 e. The van der Waals surface area contributed by atoms with E-state index in [1.165, 1.54) is 6.33 Å². The van der Waals surface area contributed by atoms with Crippen LogP contribution in [0.5, 0.6) is 0 Å². The van der Waals surface area contributed by atoms with Crippen LogP contribution in [-0.4, -0.2) is 27.0 Å². The van der Waals surface area contributed by atoms with Crippen LogP contribution in [0, 0.1) is 18.1 Å². The minimum atomic E-state index is -0.243. The molecule has 0 radical (unpaired) electrons. The molecule has 2 heterocycles. The first-order chi connectivity index (χ1) is 15.0. The lowest BCUT2D eigenvalue weighted by molar-refractivity contribution is 0.0953. The summed E-state index contributed by atoms with van der Waals surface area (Å²) in [6, 6.07) is 15.0. The molecule has 4 N–H and O–H groups in total. The number of nitrogens with two attached hydrogens (primary N) is 1. The summed E-state index contributed by atoms with van der Waals surface area (Å²) in [7, 11) is 0. The fourth-order valence-corrected chi connectivity index (χ4v) is 3.91. The maximum Gasteiger partial charge on any atom is 0.253 e. The van der Waals surface area contributed by atoms with Crippen LogP contribution in [0.2, 0.25) is 0 Å². The molecule has 0 fully saturated rings. The summed E-state index contributed by atoms with van der Waals surface area (Å²) >= 11 is 5.46. The van der Waals surface area contributed by atoms with E-state index in [-0.39, 0.29) is 5.91 Å². The van der Waals surface area contributed by atoms with Crippen molar-refractivity contribution >= 4 is 40.5 Å². The Morgan fingerprint density at radius 3 is 2.81 bits per heavy atom. The minimum absolute atomic E-state index is 0.243. The number of aromatic nitrogens is 3. The van der Waals surface area contributed by atoms with Gasteiger partial charge in [-0.15, -0.1) is 0 Å². The maximum atomic E-state index is 12.7. The van der Waals surface area contributed by atoms with E-state index < -0.39 is 0 Å². The van der Waals surface area contributed by atoms with Gasteiger partial charge in [0.05, 0.1) is 35.2 Å². The van der Waals surface area contributed by atoms with Crippen molar-refractivity contribution in [3.05, 3.63) is 82.0 Å². The number of fused-ring (bicyclic) bond motifs is 1. The van der Waals surface area contributed by atoms with E-state index in [9.17, 15) is 4.79 Å². The molecule has 0 aliphatic heterocycles. The predicted molar refractivity (Wildman–Crippen MR) is 125 cm³/mol. The highest BCUT2D eigenvalue weighted by atomic mass is 32.1. The lowest BCUT2D eigenvalue weighted by atomic mass is 10.1. The molecule has 7 nitrogen and oxygen atoms in total. The lowest BCUT2D eigenvalue weighted by Gasteiger charge is -2.13. The number of amides is 1. The smallest absolute Gasteiger partial charge is 0.253 e. The van der Waals surface area contributed by atoms with Crippen molar-refractivity contribution in [1.29, 1.82) is 0 Å². The number of hydrogen-bond acceptors (Lipinski definition) is 4. The van der Waals surface area contributed by atoms with E-state index in [0.29, 0.717) is 45.7 Å². The number of benzene rings is 2. The third kappa shape index (κ3) is 3.79. The first-order valence-corrected chi connectivity index (χ1v) is 10.1. The van der Waals surface area contributed by atoms with Gasteiger partial charge in [-0.2, -0.15) is 0 Å². The average Bonchev–Trinajstić information content (AvgIpc) is 3.10. The second-order valence-electron chi connectivity index (χ2n) is 7.10. The fraction of sp³-hybridized carbons (Fsp3) is 0.130. The molecular formula is C23H20N6OS. The monoisotopic (exact) mass is 428 g/mol. The number of aromatic amines is 1. The van der Waals surface area contributed by atoms with Crippen molar-refractivity contribution in [2.45, 2.75) is 13.5 Å². The summed E-state index contributed by atoms with van der Waals surface area (Å²) in [5, 5.41) is 2.92. The van der Waals surface area contributed by atoms with Crippen LogP contribution in [-0.2, 0) is 6.54 Å². The van der Waals surface area contributed by atoms with E-state index in [1.54, 1.807) is 12.1 Å². The molecular weight excluding hydrogens is 408 g/mol. The van der Waals surface area contributed by atoms with Crippen LogP contribution in [0.4, 0.5) is 11.4 Å². The largest absolute Gasteiger partial charge is 0.398 e. The van der Waals surface area contributed by atoms with Crippen LogP contribution in [0.15, 0.2) is 54.9 Å². The number of carbonyl (C=O) groups excluding carboxylic acids is 1. The topological polar surface area (TPSA) is 93.1 Å². The number of nitrogen functional groups attached to an aromatic ring is 1. The molecule has 31 heavy (non-hydrogen) atoms. The molecule has 154 valence electrons. The predicted octanol–water partition coefficient (Wildman–Crippen LogP) is 4.63. The van der Waals surface area contributed by atoms with Crippen molar-refractivity contribution in [2.24, 2.45) is 0 Å². The molecule has 0 saturated heterocycles. The number of nitrogens with zero attached hydrogens (tertiary/aromatic N) is 3. The van der Waals surface area contributed by atoms with Crippen molar-refractivity contribution in [3.63, 3.8) is 0 Å². The maximum absolute atomic E-state index is 12.7. The van der Waals surface area contributed by atoms with Gasteiger partial charge in [0.15, 0.2) is 4.64 Å². The highest BCUT2D eigenvalue weighted by Gasteiger charge is 2.20. The number of carbonyl (C=O) groups is 1. The van der Waals surface area contributed by atoms with Gasteiger partial charge in [0.1, 0.15) is 0 Å². The van der Waals surface area contributed by atoms with Gasteiger partial charge in [0, 0.05) is 18.8 Å². The van der Waals surface area contributed by atoms with Crippen LogP contribution in [0.1, 0.15) is 15.9 Å². The summed E-state index contributed by atoms with van der Waals surface area (Å²) in [6.45, 7) is 10.4. The summed E-state index contributed by atoms with van der Waals surface area (Å²) in [4.78, 5) is 23.7. The number of rotatable bonds is 5. The van der Waals surface area contributed by atoms with E-state index in [1.807, 2.05) is 47.9 Å². The van der Waals surface area contributed by atoms with Crippen molar-refractivity contribution in [2.75, 3.05) is 12.3 Å². The zero-order valence-corrected chi connectivity index (χ0v) is 17.7. The van der Waals surface area contributed by atoms with Crippen molar-refractivity contribution in [1.82, 2.24) is 19.9 Å². The molecule has 0 aliphatic carbocycles. The summed E-state index contributed by atoms with van der Waals surface area (Å²) in [5.74, 6) is -0.243. The third-order valence-electron chi connectivity index (χ3n) is 5.06. The fourth-order valence-electron chi connectivity index (χ4n) is 3.65. The zero-order chi connectivity index (χ0) is 22.0. The van der Waals surface area contributed by atoms with Crippen molar-refractivity contribution in [3.8, 4) is 11.3 Å². The van der Waals surface area contributed by atoms with E-state index >= 15 is 0 Å². The van der Waals surface area contributed by atoms with Crippen molar-refractivity contribution < 1.29 is 4.79 Å². The third-order valence-corrected chi connectivity index (χ3v) is 5.36. The summed E-state index contributed by atoms with van der Waals surface area (Å²) in [5.41, 5.74) is 11.2. The van der Waals surface area contributed by atoms with Gasteiger partial charge in [0.25, 0.3) is 5.91 Å². The van der Waals surface area contributed by atoms with Crippen LogP contribution in [0.25, 0.3) is 27.1 Å². The molecule has 2 aromatic heterocycles. The SMILES string of the molecule is [C-]#[N+]c1c(-c2ccccc2)n(CCNC(=O)c2cc(C)ccc2N)c2c(=S)nc[nH]c12. The second-order valence-corrected chi connectivity index (χ2v) is 7.49. The first kappa shape index (κ1) is 20.3. The van der Waals surface area contributed by atoms with E-state index in [2.05, 4.69) is 20.1 Å². The Hall–Kier alpha value is -3.96. The molecule has 0 saturated carbocycles. The number of aryl methyl sites for hydroxylation is 1. The lowest BCUT2D eigenvalue weighted by Crippen LogP contribution is -2.28. The molecule has 2 aromatic carbocycles. The second kappa shape index (κ2) is 8.42. The normalized spacial score (nSPS) is 10.7. The molecule has 0 unspecified atom stereocenters.